The van der Waals surface area contributed by atoms with Crippen LogP contribution in [0.5, 0.6) is 0 Å². The number of thioether (sulfide) groups is 1. The second kappa shape index (κ2) is 9.17. The first kappa shape index (κ1) is 20.3. The molecule has 2 aromatic rings. The SMILES string of the molecule is COC(=O)CSC1=C(C#N)[C@@H](c2ccco2)C(C(=O)Nc2ccccc2)=C(C)N1. The number of anilines is 1. The lowest BCUT2D eigenvalue weighted by atomic mass is 9.85. The van der Waals surface area contributed by atoms with Gasteiger partial charge in [0.15, 0.2) is 0 Å². The molecular weight excluding hydrogens is 390 g/mol. The van der Waals surface area contributed by atoms with Gasteiger partial charge in [0, 0.05) is 11.4 Å². The first-order valence-corrected chi connectivity index (χ1v) is 9.75. The molecule has 1 aliphatic heterocycles. The lowest BCUT2D eigenvalue weighted by molar-refractivity contribution is -0.137. The van der Waals surface area contributed by atoms with Crippen molar-refractivity contribution in [3.05, 3.63) is 76.4 Å². The Morgan fingerprint density at radius 1 is 1.28 bits per heavy atom. The van der Waals surface area contributed by atoms with Crippen molar-refractivity contribution in [3.63, 3.8) is 0 Å². The molecule has 2 heterocycles. The van der Waals surface area contributed by atoms with Crippen LogP contribution in [0.2, 0.25) is 0 Å². The van der Waals surface area contributed by atoms with E-state index < -0.39 is 11.9 Å². The molecule has 0 aliphatic carbocycles. The number of ether oxygens (including phenoxy) is 1. The summed E-state index contributed by atoms with van der Waals surface area (Å²) in [7, 11) is 1.31. The van der Waals surface area contributed by atoms with E-state index in [0.717, 1.165) is 11.8 Å². The van der Waals surface area contributed by atoms with Gasteiger partial charge in [0.05, 0.1) is 47.3 Å². The van der Waals surface area contributed by atoms with Crippen LogP contribution in [0.25, 0.3) is 0 Å². The zero-order valence-electron chi connectivity index (χ0n) is 15.9. The minimum atomic E-state index is -0.694. The maximum atomic E-state index is 13.1. The molecule has 29 heavy (non-hydrogen) atoms. The summed E-state index contributed by atoms with van der Waals surface area (Å²) in [4.78, 5) is 24.6. The Bertz CT molecular complexity index is 1000. The van der Waals surface area contributed by atoms with Crippen LogP contribution in [-0.2, 0) is 14.3 Å². The Morgan fingerprint density at radius 3 is 2.66 bits per heavy atom. The third-order valence-electron chi connectivity index (χ3n) is 4.31. The second-order valence-electron chi connectivity index (χ2n) is 6.15. The molecule has 0 bridgehead atoms. The number of carbonyl (C=O) groups excluding carboxylic acids is 2. The highest BCUT2D eigenvalue weighted by atomic mass is 32.2. The van der Waals surface area contributed by atoms with Crippen LogP contribution in [-0.4, -0.2) is 24.7 Å². The molecule has 0 saturated carbocycles. The summed E-state index contributed by atoms with van der Waals surface area (Å²) >= 11 is 1.15. The van der Waals surface area contributed by atoms with Crippen LogP contribution >= 0.6 is 11.8 Å². The highest BCUT2D eigenvalue weighted by molar-refractivity contribution is 8.03. The summed E-state index contributed by atoms with van der Waals surface area (Å²) < 4.78 is 10.2. The van der Waals surface area contributed by atoms with E-state index in [9.17, 15) is 14.9 Å². The maximum absolute atomic E-state index is 13.1. The first-order chi connectivity index (χ1) is 14.0. The molecule has 3 rings (SSSR count). The number of nitrogens with zero attached hydrogens (tertiary/aromatic N) is 1. The molecule has 0 saturated heterocycles. The van der Waals surface area contributed by atoms with Gasteiger partial charge in [-0.2, -0.15) is 5.26 Å². The lowest BCUT2D eigenvalue weighted by Crippen LogP contribution is -2.30. The van der Waals surface area contributed by atoms with Gasteiger partial charge in [-0.3, -0.25) is 9.59 Å². The van der Waals surface area contributed by atoms with E-state index >= 15 is 0 Å². The van der Waals surface area contributed by atoms with Gasteiger partial charge in [0.2, 0.25) is 0 Å². The van der Waals surface area contributed by atoms with Gasteiger partial charge in [-0.15, -0.1) is 0 Å². The molecule has 1 aliphatic rings. The number of hydrogen-bond acceptors (Lipinski definition) is 7. The minimum Gasteiger partial charge on any atom is -0.468 e. The maximum Gasteiger partial charge on any atom is 0.316 e. The summed E-state index contributed by atoms with van der Waals surface area (Å²) in [6.07, 6.45) is 1.50. The summed E-state index contributed by atoms with van der Waals surface area (Å²) in [6, 6.07) is 14.7. The van der Waals surface area contributed by atoms with E-state index in [0.29, 0.717) is 33.3 Å². The lowest BCUT2D eigenvalue weighted by Gasteiger charge is -2.28. The van der Waals surface area contributed by atoms with Crippen molar-refractivity contribution in [2.45, 2.75) is 12.8 Å². The molecule has 1 atom stereocenters. The normalized spacial score (nSPS) is 16.1. The number of esters is 1. The van der Waals surface area contributed by atoms with Gasteiger partial charge in [0.25, 0.3) is 5.91 Å². The largest absolute Gasteiger partial charge is 0.468 e. The van der Waals surface area contributed by atoms with Gasteiger partial charge >= 0.3 is 5.97 Å². The fraction of sp³-hybridized carbons (Fsp3) is 0.190. The number of allylic oxidation sites excluding steroid dienone is 2. The summed E-state index contributed by atoms with van der Waals surface area (Å²) in [5, 5.41) is 16.3. The molecule has 0 radical (unpaired) electrons. The average Bonchev–Trinajstić information content (AvgIpc) is 3.26. The van der Waals surface area contributed by atoms with Crippen LogP contribution < -0.4 is 10.6 Å². The number of methoxy groups -OCH3 is 1. The molecule has 1 amide bonds. The number of para-hydroxylation sites is 1. The number of carbonyl (C=O) groups is 2. The van der Waals surface area contributed by atoms with Crippen molar-refractivity contribution in [2.24, 2.45) is 0 Å². The van der Waals surface area contributed by atoms with E-state index in [4.69, 9.17) is 4.42 Å². The predicted molar refractivity (Wildman–Crippen MR) is 109 cm³/mol. The number of dihydropyridines is 1. The van der Waals surface area contributed by atoms with Crippen molar-refractivity contribution in [1.82, 2.24) is 5.32 Å². The second-order valence-corrected chi connectivity index (χ2v) is 7.14. The zero-order chi connectivity index (χ0) is 20.8. The van der Waals surface area contributed by atoms with Gasteiger partial charge in [-0.25, -0.2) is 0 Å². The van der Waals surface area contributed by atoms with E-state index in [-0.39, 0.29) is 11.7 Å². The quantitative estimate of drug-likeness (QED) is 0.704. The summed E-state index contributed by atoms with van der Waals surface area (Å²) in [6.45, 7) is 1.75. The van der Waals surface area contributed by atoms with Crippen molar-refractivity contribution in [1.29, 1.82) is 5.26 Å². The Morgan fingerprint density at radius 2 is 2.03 bits per heavy atom. The number of benzene rings is 1. The number of nitriles is 1. The Balaban J connectivity index is 1.98. The van der Waals surface area contributed by atoms with E-state index in [1.165, 1.54) is 13.4 Å². The molecule has 148 valence electrons. The van der Waals surface area contributed by atoms with E-state index in [2.05, 4.69) is 21.4 Å². The van der Waals surface area contributed by atoms with Crippen molar-refractivity contribution in [2.75, 3.05) is 18.2 Å². The minimum absolute atomic E-state index is 0.0354. The zero-order valence-corrected chi connectivity index (χ0v) is 16.7. The third kappa shape index (κ3) is 4.52. The fourth-order valence-electron chi connectivity index (χ4n) is 2.98. The fourth-order valence-corrected chi connectivity index (χ4v) is 3.90. The molecule has 7 nitrogen and oxygen atoms in total. The predicted octanol–water partition coefficient (Wildman–Crippen LogP) is 3.52. The van der Waals surface area contributed by atoms with Crippen LogP contribution in [0.3, 0.4) is 0 Å². The van der Waals surface area contributed by atoms with Crippen LogP contribution in [0, 0.1) is 11.3 Å². The molecule has 0 fully saturated rings. The van der Waals surface area contributed by atoms with Crippen molar-refractivity contribution < 1.29 is 18.7 Å². The molecule has 0 unspecified atom stereocenters. The van der Waals surface area contributed by atoms with Crippen molar-refractivity contribution >= 4 is 29.3 Å². The highest BCUT2D eigenvalue weighted by Gasteiger charge is 2.36. The molecular formula is C21H19N3O4S. The van der Waals surface area contributed by atoms with Crippen LogP contribution in [0.4, 0.5) is 5.69 Å². The smallest absolute Gasteiger partial charge is 0.316 e. The average molecular weight is 409 g/mol. The number of nitrogens with one attached hydrogen (secondary N) is 2. The molecule has 1 aromatic heterocycles. The van der Waals surface area contributed by atoms with E-state index in [1.807, 2.05) is 18.2 Å². The monoisotopic (exact) mass is 409 g/mol. The molecule has 1 aromatic carbocycles. The Kier molecular flexibility index (Phi) is 6.42. The third-order valence-corrected chi connectivity index (χ3v) is 5.30. The van der Waals surface area contributed by atoms with Gasteiger partial charge < -0.3 is 19.8 Å². The van der Waals surface area contributed by atoms with Gasteiger partial charge in [0.1, 0.15) is 5.76 Å². The van der Waals surface area contributed by atoms with E-state index in [1.54, 1.807) is 31.2 Å². The number of furan rings is 1. The number of amides is 1. The Hall–Kier alpha value is -3.44. The summed E-state index contributed by atoms with van der Waals surface area (Å²) in [5.41, 5.74) is 1.90. The standard InChI is InChI=1S/C21H19N3O4S/c1-13-18(20(26)24-14-7-4-3-5-8-14)19(16-9-6-10-28-16)15(11-22)21(23-13)29-12-17(25)27-2/h3-10,19,23H,12H2,1-2H3,(H,24,26)/t19-/m0/s1. The first-order valence-electron chi connectivity index (χ1n) is 8.76. The number of hydrogen-bond donors (Lipinski definition) is 2. The van der Waals surface area contributed by atoms with Gasteiger partial charge in [-0.05, 0) is 31.2 Å². The Labute approximate surface area is 172 Å². The molecule has 2 N–H and O–H groups in total. The van der Waals surface area contributed by atoms with Crippen molar-refractivity contribution in [3.8, 4) is 6.07 Å². The number of rotatable bonds is 6. The van der Waals surface area contributed by atoms with Crippen LogP contribution in [0.1, 0.15) is 18.6 Å². The van der Waals surface area contributed by atoms with Gasteiger partial charge in [-0.1, -0.05) is 30.0 Å². The topological polar surface area (TPSA) is 104 Å². The highest BCUT2D eigenvalue weighted by Crippen LogP contribution is 2.41. The molecule has 8 heteroatoms. The summed E-state index contributed by atoms with van der Waals surface area (Å²) in [5.74, 6) is -0.942. The van der Waals surface area contributed by atoms with Crippen LogP contribution in [0.15, 0.2) is 75.0 Å². The molecule has 0 spiro atoms.